The number of carbonyl (C=O) groups is 2. The summed E-state index contributed by atoms with van der Waals surface area (Å²) in [6, 6.07) is 18.2. The van der Waals surface area contributed by atoms with Crippen molar-refractivity contribution < 1.29 is 29.1 Å². The molecule has 0 bridgehead atoms. The summed E-state index contributed by atoms with van der Waals surface area (Å²) in [5.41, 5.74) is 2.45. The van der Waals surface area contributed by atoms with Gasteiger partial charge in [0.05, 0.1) is 20.9 Å². The number of ether oxygens (including phenoxy) is 2. The minimum Gasteiger partial charge on any atom is -0.506 e. The maximum atomic E-state index is 12.8. The van der Waals surface area contributed by atoms with Gasteiger partial charge < -0.3 is 14.6 Å². The van der Waals surface area contributed by atoms with Gasteiger partial charge in [-0.3, -0.25) is 14.9 Å². The number of thioether (sulfide) groups is 1. The highest BCUT2D eigenvalue weighted by atomic mass is 79.9. The lowest BCUT2D eigenvalue weighted by molar-refractivity contribution is -0.384. The van der Waals surface area contributed by atoms with Gasteiger partial charge in [0.1, 0.15) is 28.7 Å². The largest absolute Gasteiger partial charge is 0.506 e. The van der Waals surface area contributed by atoms with Gasteiger partial charge in [-0.15, -0.1) is 0 Å². The smallest absolute Gasteiger partial charge is 0.344 e. The van der Waals surface area contributed by atoms with E-state index in [1.54, 1.807) is 67.6 Å². The number of aliphatic hydroxyl groups excluding tert-OH is 1. The molecule has 0 radical (unpaired) electrons. The van der Waals surface area contributed by atoms with E-state index in [4.69, 9.17) is 9.47 Å². The number of esters is 1. The summed E-state index contributed by atoms with van der Waals surface area (Å²) in [7, 11) is 0. The van der Waals surface area contributed by atoms with Crippen molar-refractivity contribution in [3.8, 4) is 5.75 Å². The lowest BCUT2D eigenvalue weighted by Crippen LogP contribution is -2.14. The van der Waals surface area contributed by atoms with Crippen molar-refractivity contribution in [2.24, 2.45) is 4.99 Å². The topological polar surface area (TPSA) is 128 Å². The molecule has 3 aromatic rings. The summed E-state index contributed by atoms with van der Waals surface area (Å²) in [6.07, 6.45) is 1.65. The fourth-order valence-corrected chi connectivity index (χ4v) is 5.16. The van der Waals surface area contributed by atoms with E-state index in [1.165, 1.54) is 12.1 Å². The van der Waals surface area contributed by atoms with Crippen LogP contribution in [0.1, 0.15) is 34.0 Å². The van der Waals surface area contributed by atoms with Gasteiger partial charge >= 0.3 is 5.97 Å². The Labute approximate surface area is 242 Å². The fraction of sp³-hybridized carbons (Fsp3) is 0.138. The molecular formula is C29H23BrN2O7S. The molecule has 4 rings (SSSR count). The Morgan fingerprint density at radius 1 is 1.12 bits per heavy atom. The van der Waals surface area contributed by atoms with Crippen LogP contribution in [-0.4, -0.2) is 33.6 Å². The van der Waals surface area contributed by atoms with Crippen LogP contribution in [0.5, 0.6) is 5.75 Å². The number of nitro groups is 1. The average Bonchev–Trinajstić information content (AvgIpc) is 3.22. The van der Waals surface area contributed by atoms with Crippen LogP contribution in [0.15, 0.2) is 92.4 Å². The molecular weight excluding hydrogens is 600 g/mol. The van der Waals surface area contributed by atoms with Gasteiger partial charge in [0.15, 0.2) is 0 Å². The number of carbonyl (C=O) groups excluding carboxylic acids is 2. The zero-order valence-electron chi connectivity index (χ0n) is 21.4. The number of aryl methyl sites for hydroxylation is 1. The van der Waals surface area contributed by atoms with E-state index in [9.17, 15) is 24.8 Å². The molecule has 204 valence electrons. The lowest BCUT2D eigenvalue weighted by Gasteiger charge is -2.09. The maximum Gasteiger partial charge on any atom is 0.344 e. The monoisotopic (exact) mass is 622 g/mol. The number of nitro benzene ring substituents is 1. The summed E-state index contributed by atoms with van der Waals surface area (Å²) in [5, 5.41) is 22.0. The molecule has 40 heavy (non-hydrogen) atoms. The molecule has 0 aromatic heterocycles. The van der Waals surface area contributed by atoms with Gasteiger partial charge in [-0.2, -0.15) is 0 Å². The van der Waals surface area contributed by atoms with Crippen molar-refractivity contribution in [3.63, 3.8) is 0 Å². The lowest BCUT2D eigenvalue weighted by atomic mass is 10.1. The van der Waals surface area contributed by atoms with Crippen LogP contribution in [0.25, 0.3) is 6.08 Å². The molecule has 0 unspecified atom stereocenters. The highest BCUT2D eigenvalue weighted by molar-refractivity contribution is 9.10. The minimum absolute atomic E-state index is 0.0188. The number of hydrogen-bond acceptors (Lipinski definition) is 8. The van der Waals surface area contributed by atoms with Crippen molar-refractivity contribution in [2.45, 2.75) is 20.5 Å². The van der Waals surface area contributed by atoms with E-state index in [0.29, 0.717) is 31.8 Å². The van der Waals surface area contributed by atoms with Crippen molar-refractivity contribution in [3.05, 3.63) is 120 Å². The predicted octanol–water partition coefficient (Wildman–Crippen LogP) is 6.95. The second-order valence-electron chi connectivity index (χ2n) is 8.55. The van der Waals surface area contributed by atoms with E-state index in [2.05, 4.69) is 20.9 Å². The zero-order chi connectivity index (χ0) is 28.8. The van der Waals surface area contributed by atoms with E-state index < -0.39 is 16.8 Å². The van der Waals surface area contributed by atoms with Gasteiger partial charge in [-0.05, 0) is 71.2 Å². The predicted molar refractivity (Wildman–Crippen MR) is 156 cm³/mol. The molecule has 0 saturated carbocycles. The number of hydrogen-bond donors (Lipinski definition) is 1. The Morgan fingerprint density at radius 3 is 2.55 bits per heavy atom. The zero-order valence-corrected chi connectivity index (χ0v) is 23.8. The van der Waals surface area contributed by atoms with Crippen LogP contribution in [0.2, 0.25) is 0 Å². The molecule has 0 atom stereocenters. The highest BCUT2D eigenvalue weighted by Gasteiger charge is 2.34. The average molecular weight is 623 g/mol. The van der Waals surface area contributed by atoms with Crippen LogP contribution in [0, 0.1) is 17.0 Å². The molecule has 1 aliphatic rings. The normalized spacial score (nSPS) is 15.0. The van der Waals surface area contributed by atoms with E-state index >= 15 is 0 Å². The van der Waals surface area contributed by atoms with Crippen LogP contribution >= 0.6 is 27.7 Å². The Balaban J connectivity index is 1.57. The standard InChI is InChI=1S/C29H23BrN2O7S/c1-3-38-29(35)25-26(33)24(40-28(25)31-27(34)20-10-7-17(2)8-11-20)15-18-9-12-23(22(30)14-18)39-16-19-5-4-6-21(13-19)32(36)37/h4-15,33H,3,16H2,1-2H3/b24-15-,31-28?. The van der Waals surface area contributed by atoms with Gasteiger partial charge in [0.2, 0.25) is 0 Å². The van der Waals surface area contributed by atoms with Gasteiger partial charge in [0.25, 0.3) is 11.6 Å². The molecule has 0 aliphatic carbocycles. The highest BCUT2D eigenvalue weighted by Crippen LogP contribution is 2.40. The third kappa shape index (κ3) is 6.85. The van der Waals surface area contributed by atoms with Gasteiger partial charge in [-0.1, -0.05) is 47.7 Å². The van der Waals surface area contributed by atoms with E-state index in [0.717, 1.165) is 17.3 Å². The quantitative estimate of drug-likeness (QED) is 0.162. The Hall–Kier alpha value is -4.22. The molecule has 9 nitrogen and oxygen atoms in total. The molecule has 0 saturated heterocycles. The molecule has 0 fully saturated rings. The third-order valence-electron chi connectivity index (χ3n) is 5.64. The summed E-state index contributed by atoms with van der Waals surface area (Å²) in [4.78, 5) is 40.4. The summed E-state index contributed by atoms with van der Waals surface area (Å²) >= 11 is 4.45. The summed E-state index contributed by atoms with van der Waals surface area (Å²) in [6.45, 7) is 3.75. The first kappa shape index (κ1) is 28.8. The number of halogens is 1. The molecule has 1 N–H and O–H groups in total. The Morgan fingerprint density at radius 2 is 1.88 bits per heavy atom. The first-order valence-corrected chi connectivity index (χ1v) is 13.6. The third-order valence-corrected chi connectivity index (χ3v) is 7.28. The maximum absolute atomic E-state index is 12.8. The van der Waals surface area contributed by atoms with Crippen molar-refractivity contribution >= 4 is 56.4 Å². The number of amides is 1. The summed E-state index contributed by atoms with van der Waals surface area (Å²) < 4.78 is 11.5. The second-order valence-corrected chi connectivity index (χ2v) is 10.4. The van der Waals surface area contributed by atoms with Crippen LogP contribution in [0.3, 0.4) is 0 Å². The van der Waals surface area contributed by atoms with Gasteiger partial charge in [0, 0.05) is 17.7 Å². The number of non-ortho nitro benzene ring substituents is 1. The minimum atomic E-state index is -0.780. The molecule has 3 aromatic carbocycles. The fourth-order valence-electron chi connectivity index (χ4n) is 3.64. The van der Waals surface area contributed by atoms with Crippen LogP contribution < -0.4 is 4.74 Å². The SMILES string of the molecule is CCOC(=O)C1=C(O)/C(=C/c2ccc(OCc3cccc([N+](=O)[O-])c3)c(Br)c2)SC1=NC(=O)c1ccc(C)cc1. The van der Waals surface area contributed by atoms with Crippen molar-refractivity contribution in [2.75, 3.05) is 6.61 Å². The first-order chi connectivity index (χ1) is 19.2. The Bertz CT molecular complexity index is 1580. The summed E-state index contributed by atoms with van der Waals surface area (Å²) in [5.74, 6) is -1.16. The molecule has 0 spiro atoms. The second kappa shape index (κ2) is 12.8. The molecule has 1 aliphatic heterocycles. The van der Waals surface area contributed by atoms with Crippen LogP contribution in [0.4, 0.5) is 5.69 Å². The van der Waals surface area contributed by atoms with Crippen molar-refractivity contribution in [1.29, 1.82) is 0 Å². The van der Waals surface area contributed by atoms with E-state index in [-0.39, 0.29) is 35.3 Å². The van der Waals surface area contributed by atoms with Gasteiger partial charge in [-0.25, -0.2) is 9.79 Å². The van der Waals surface area contributed by atoms with Crippen LogP contribution in [-0.2, 0) is 16.1 Å². The Kier molecular flexibility index (Phi) is 9.18. The molecule has 1 amide bonds. The number of aliphatic hydroxyl groups is 1. The first-order valence-electron chi connectivity index (χ1n) is 12.0. The van der Waals surface area contributed by atoms with Crippen molar-refractivity contribution in [1.82, 2.24) is 0 Å². The molecule has 1 heterocycles. The number of benzene rings is 3. The number of rotatable bonds is 8. The molecule has 11 heteroatoms. The number of aliphatic imine (C=N–C) groups is 1. The number of nitrogens with zero attached hydrogens (tertiary/aromatic N) is 2. The van der Waals surface area contributed by atoms with E-state index in [1.807, 2.05) is 6.92 Å².